The summed E-state index contributed by atoms with van der Waals surface area (Å²) in [6.07, 6.45) is -0.703. The first-order chi connectivity index (χ1) is 10.5. The molecule has 1 aliphatic carbocycles. The minimum absolute atomic E-state index is 0.0362. The smallest absolute Gasteiger partial charge is 0.239 e. The molecule has 2 aliphatic rings. The molecule has 0 spiro atoms. The summed E-state index contributed by atoms with van der Waals surface area (Å²) in [5.41, 5.74) is 0.245. The summed E-state index contributed by atoms with van der Waals surface area (Å²) >= 11 is 0. The Kier molecular flexibility index (Phi) is 2.83. The van der Waals surface area contributed by atoms with Crippen LogP contribution in [0.4, 0.5) is 17.6 Å². The first-order valence-electron chi connectivity index (χ1n) is 7.21. The summed E-state index contributed by atoms with van der Waals surface area (Å²) in [4.78, 5) is 3.71. The maximum atomic E-state index is 14.1. The lowest BCUT2D eigenvalue weighted by molar-refractivity contribution is -0.0378. The standard InChI is InChI=1S/C15H13F4N3/c16-10-4-2-1-3-9(10)12-7-11(17)13-20-14(21-22(12)13)15(18,19)8-5-6-8/h1-4,8,11-12H,5-7H2/t11-,12?/m0/s1. The van der Waals surface area contributed by atoms with E-state index < -0.39 is 35.7 Å². The van der Waals surface area contributed by atoms with Gasteiger partial charge < -0.3 is 0 Å². The fourth-order valence-electron chi connectivity index (χ4n) is 2.95. The van der Waals surface area contributed by atoms with Crippen LogP contribution >= 0.6 is 0 Å². The van der Waals surface area contributed by atoms with Crippen molar-refractivity contribution in [1.29, 1.82) is 0 Å². The van der Waals surface area contributed by atoms with Gasteiger partial charge in [0.15, 0.2) is 12.0 Å². The second kappa shape index (κ2) is 4.54. The normalized spacial score (nSPS) is 24.5. The maximum absolute atomic E-state index is 14.1. The molecule has 0 amide bonds. The lowest BCUT2D eigenvalue weighted by atomic mass is 10.0. The Morgan fingerprint density at radius 1 is 1.18 bits per heavy atom. The Morgan fingerprint density at radius 2 is 1.91 bits per heavy atom. The predicted octanol–water partition coefficient (Wildman–Crippen LogP) is 3.92. The quantitative estimate of drug-likeness (QED) is 0.804. The summed E-state index contributed by atoms with van der Waals surface area (Å²) < 4.78 is 57.3. The SMILES string of the molecule is Fc1ccccc1C1C[C@H](F)c2nc(C(F)(F)C3CC3)nn21. The lowest BCUT2D eigenvalue weighted by Gasteiger charge is -2.14. The summed E-state index contributed by atoms with van der Waals surface area (Å²) in [7, 11) is 0. The molecule has 2 heterocycles. The summed E-state index contributed by atoms with van der Waals surface area (Å²) in [5, 5.41) is 3.82. The van der Waals surface area contributed by atoms with Crippen LogP contribution in [0.15, 0.2) is 24.3 Å². The van der Waals surface area contributed by atoms with Gasteiger partial charge in [-0.25, -0.2) is 18.4 Å². The fourth-order valence-corrected chi connectivity index (χ4v) is 2.95. The van der Waals surface area contributed by atoms with E-state index in [2.05, 4.69) is 10.1 Å². The Bertz CT molecular complexity index is 723. The molecule has 116 valence electrons. The molecule has 1 unspecified atom stereocenters. The molecule has 4 rings (SSSR count). The topological polar surface area (TPSA) is 30.7 Å². The van der Waals surface area contributed by atoms with Gasteiger partial charge in [0.05, 0.1) is 6.04 Å². The van der Waals surface area contributed by atoms with E-state index in [0.717, 1.165) is 4.68 Å². The van der Waals surface area contributed by atoms with Crippen molar-refractivity contribution < 1.29 is 17.6 Å². The molecule has 22 heavy (non-hydrogen) atoms. The molecule has 1 fully saturated rings. The Morgan fingerprint density at radius 3 is 2.59 bits per heavy atom. The molecule has 2 atom stereocenters. The fraction of sp³-hybridized carbons (Fsp3) is 0.467. The minimum Gasteiger partial charge on any atom is -0.239 e. The van der Waals surface area contributed by atoms with Crippen LogP contribution in [0, 0.1) is 11.7 Å². The van der Waals surface area contributed by atoms with Crippen molar-refractivity contribution in [2.24, 2.45) is 5.92 Å². The van der Waals surface area contributed by atoms with Gasteiger partial charge in [0.1, 0.15) is 5.82 Å². The van der Waals surface area contributed by atoms with Crippen LogP contribution < -0.4 is 0 Å². The number of fused-ring (bicyclic) bond motifs is 1. The highest BCUT2D eigenvalue weighted by atomic mass is 19.3. The third-order valence-corrected chi connectivity index (χ3v) is 4.32. The average molecular weight is 311 g/mol. The molecule has 7 heteroatoms. The van der Waals surface area contributed by atoms with Crippen LogP contribution in [0.5, 0.6) is 0 Å². The molecule has 2 aromatic rings. The van der Waals surface area contributed by atoms with Crippen molar-refractivity contribution in [2.45, 2.75) is 37.4 Å². The molecule has 0 N–H and O–H groups in total. The van der Waals surface area contributed by atoms with Gasteiger partial charge in [-0.05, 0) is 18.9 Å². The summed E-state index contributed by atoms with van der Waals surface area (Å²) in [6.45, 7) is 0. The van der Waals surface area contributed by atoms with Gasteiger partial charge in [0.25, 0.3) is 0 Å². The third-order valence-electron chi connectivity index (χ3n) is 4.32. The van der Waals surface area contributed by atoms with E-state index in [0.29, 0.717) is 12.8 Å². The van der Waals surface area contributed by atoms with Crippen molar-refractivity contribution in [3.63, 3.8) is 0 Å². The van der Waals surface area contributed by atoms with Crippen LogP contribution in [-0.2, 0) is 5.92 Å². The van der Waals surface area contributed by atoms with Crippen molar-refractivity contribution in [3.05, 3.63) is 47.3 Å². The largest absolute Gasteiger partial charge is 0.311 e. The second-order valence-electron chi connectivity index (χ2n) is 5.88. The van der Waals surface area contributed by atoms with Gasteiger partial charge in [-0.15, -0.1) is 5.10 Å². The van der Waals surface area contributed by atoms with E-state index in [-0.39, 0.29) is 17.8 Å². The number of rotatable bonds is 3. The van der Waals surface area contributed by atoms with Gasteiger partial charge >= 0.3 is 5.92 Å². The molecule has 0 saturated heterocycles. The Hall–Kier alpha value is -1.92. The van der Waals surface area contributed by atoms with E-state index >= 15 is 0 Å². The van der Waals surface area contributed by atoms with Crippen LogP contribution in [0.1, 0.15) is 48.7 Å². The number of benzene rings is 1. The highest BCUT2D eigenvalue weighted by molar-refractivity contribution is 5.25. The van der Waals surface area contributed by atoms with E-state index in [1.54, 1.807) is 6.07 Å². The zero-order chi connectivity index (χ0) is 15.5. The lowest BCUT2D eigenvalue weighted by Crippen LogP contribution is -2.19. The van der Waals surface area contributed by atoms with Gasteiger partial charge in [-0.2, -0.15) is 8.78 Å². The number of halogens is 4. The average Bonchev–Trinajstić information content (AvgIpc) is 3.17. The molecule has 1 aliphatic heterocycles. The minimum atomic E-state index is -3.14. The third kappa shape index (κ3) is 1.94. The van der Waals surface area contributed by atoms with E-state index in [1.165, 1.54) is 18.2 Å². The van der Waals surface area contributed by atoms with Crippen LogP contribution in [0.2, 0.25) is 0 Å². The summed E-state index contributed by atoms with van der Waals surface area (Å²) in [5.74, 6) is -5.19. The van der Waals surface area contributed by atoms with Crippen molar-refractivity contribution >= 4 is 0 Å². The predicted molar refractivity (Wildman–Crippen MR) is 69.6 cm³/mol. The van der Waals surface area contributed by atoms with Gasteiger partial charge in [0.2, 0.25) is 5.82 Å². The van der Waals surface area contributed by atoms with Gasteiger partial charge in [-0.1, -0.05) is 18.2 Å². The van der Waals surface area contributed by atoms with Crippen LogP contribution in [0.25, 0.3) is 0 Å². The molecule has 0 bridgehead atoms. The zero-order valence-electron chi connectivity index (χ0n) is 11.5. The number of aromatic nitrogens is 3. The molecule has 1 saturated carbocycles. The zero-order valence-corrected chi connectivity index (χ0v) is 11.5. The van der Waals surface area contributed by atoms with E-state index in [9.17, 15) is 17.6 Å². The van der Waals surface area contributed by atoms with Crippen LogP contribution in [0.3, 0.4) is 0 Å². The van der Waals surface area contributed by atoms with Gasteiger partial charge in [-0.3, -0.25) is 0 Å². The molecule has 3 nitrogen and oxygen atoms in total. The Labute approximate surface area is 124 Å². The number of hydrogen-bond acceptors (Lipinski definition) is 2. The molecular formula is C15H13F4N3. The monoisotopic (exact) mass is 311 g/mol. The maximum Gasteiger partial charge on any atom is 0.311 e. The van der Waals surface area contributed by atoms with Crippen LogP contribution in [-0.4, -0.2) is 14.8 Å². The highest BCUT2D eigenvalue weighted by Crippen LogP contribution is 2.50. The molecule has 1 aromatic carbocycles. The Balaban J connectivity index is 1.76. The highest BCUT2D eigenvalue weighted by Gasteiger charge is 2.52. The first kappa shape index (κ1) is 13.7. The number of nitrogens with zero attached hydrogens (tertiary/aromatic N) is 3. The van der Waals surface area contributed by atoms with Crippen molar-refractivity contribution in [1.82, 2.24) is 14.8 Å². The molecule has 1 aromatic heterocycles. The number of hydrogen-bond donors (Lipinski definition) is 0. The number of alkyl halides is 3. The summed E-state index contributed by atoms with van der Waals surface area (Å²) in [6, 6.07) is 5.19. The van der Waals surface area contributed by atoms with E-state index in [4.69, 9.17) is 0 Å². The molecule has 0 radical (unpaired) electrons. The van der Waals surface area contributed by atoms with Gasteiger partial charge in [0, 0.05) is 17.9 Å². The van der Waals surface area contributed by atoms with Crippen molar-refractivity contribution in [2.75, 3.05) is 0 Å². The second-order valence-corrected chi connectivity index (χ2v) is 5.88. The van der Waals surface area contributed by atoms with Crippen molar-refractivity contribution in [3.8, 4) is 0 Å². The molecular weight excluding hydrogens is 298 g/mol. The first-order valence-corrected chi connectivity index (χ1v) is 7.21. The van der Waals surface area contributed by atoms with E-state index in [1.807, 2.05) is 0 Å².